The Morgan fingerprint density at radius 2 is 1.91 bits per heavy atom. The molecule has 0 saturated heterocycles. The fourth-order valence-electron chi connectivity index (χ4n) is 3.45. The molecule has 0 unspecified atom stereocenters. The van der Waals surface area contributed by atoms with Gasteiger partial charge in [-0.15, -0.1) is 0 Å². The predicted molar refractivity (Wildman–Crippen MR) is 136 cm³/mol. The first kappa shape index (κ1) is 22.3. The lowest BCUT2D eigenvalue weighted by atomic mass is 10.0. The van der Waals surface area contributed by atoms with Crippen LogP contribution in [0.4, 0.5) is 0 Å². The first-order valence-corrected chi connectivity index (χ1v) is 10.9. The number of hydrogen-bond acceptors (Lipinski definition) is 4. The number of aromatic nitrogens is 1. The molecule has 1 amide bonds. The number of carbonyl (C=O) groups excluding carboxylic acids is 1. The number of pyridine rings is 1. The number of rotatable bonds is 6. The third-order valence-electron chi connectivity index (χ3n) is 5.08. The molecule has 6 heteroatoms. The Kier molecular flexibility index (Phi) is 6.29. The number of phenols is 1. The van der Waals surface area contributed by atoms with Crippen LogP contribution >= 0.6 is 15.9 Å². The molecule has 164 valence electrons. The Morgan fingerprint density at radius 3 is 2.70 bits per heavy atom. The number of nitrogens with zero attached hydrogens (tertiary/aromatic N) is 1. The number of allylic oxidation sites excluding steroid dienone is 3. The Morgan fingerprint density at radius 1 is 1.09 bits per heavy atom. The van der Waals surface area contributed by atoms with E-state index in [0.29, 0.717) is 32.8 Å². The molecule has 0 atom stereocenters. The highest BCUT2D eigenvalue weighted by atomic mass is 79.9. The second-order valence-electron chi connectivity index (χ2n) is 7.52. The number of benzene rings is 3. The highest BCUT2D eigenvalue weighted by Crippen LogP contribution is 2.34. The third kappa shape index (κ3) is 4.96. The lowest BCUT2D eigenvalue weighted by molar-refractivity contribution is 0.0969. The fourth-order valence-corrected chi connectivity index (χ4v) is 3.58. The van der Waals surface area contributed by atoms with Crippen LogP contribution in [0.5, 0.6) is 17.2 Å². The van der Waals surface area contributed by atoms with Crippen LogP contribution in [-0.2, 0) is 0 Å². The number of carbonyl (C=O) groups is 1. The maximum absolute atomic E-state index is 12.8. The van der Waals surface area contributed by atoms with Crippen molar-refractivity contribution in [1.29, 1.82) is 0 Å². The van der Waals surface area contributed by atoms with E-state index in [1.165, 1.54) is 0 Å². The van der Waals surface area contributed by atoms with Gasteiger partial charge in [-0.1, -0.05) is 41.2 Å². The van der Waals surface area contributed by atoms with Crippen molar-refractivity contribution in [2.24, 2.45) is 0 Å². The van der Waals surface area contributed by atoms with Gasteiger partial charge in [0.1, 0.15) is 17.2 Å². The maximum Gasteiger partial charge on any atom is 0.256 e. The quantitative estimate of drug-likeness (QED) is 0.282. The molecule has 0 aliphatic carbocycles. The summed E-state index contributed by atoms with van der Waals surface area (Å²) in [5, 5.41) is 15.2. The summed E-state index contributed by atoms with van der Waals surface area (Å²) >= 11 is 3.24. The van der Waals surface area contributed by atoms with Crippen molar-refractivity contribution in [2.75, 3.05) is 0 Å². The Hall–Kier alpha value is -3.90. The minimum Gasteiger partial charge on any atom is -0.508 e. The first-order chi connectivity index (χ1) is 15.8. The third-order valence-corrected chi connectivity index (χ3v) is 5.35. The minimum atomic E-state index is -0.250. The van der Waals surface area contributed by atoms with E-state index in [2.05, 4.69) is 39.4 Å². The zero-order valence-corrected chi connectivity index (χ0v) is 19.5. The molecule has 5 nitrogen and oxygen atoms in total. The number of fused-ring (bicyclic) bond motifs is 2. The topological polar surface area (TPSA) is 71.5 Å². The molecule has 2 N–H and O–H groups in total. The van der Waals surface area contributed by atoms with Gasteiger partial charge in [0.2, 0.25) is 0 Å². The van der Waals surface area contributed by atoms with Crippen LogP contribution in [0.1, 0.15) is 15.9 Å². The van der Waals surface area contributed by atoms with Crippen LogP contribution in [0.25, 0.3) is 21.7 Å². The van der Waals surface area contributed by atoms with E-state index in [1.807, 2.05) is 43.3 Å². The van der Waals surface area contributed by atoms with Crippen molar-refractivity contribution in [3.05, 3.63) is 107 Å². The molecule has 0 bridgehead atoms. The molecule has 3 aromatic carbocycles. The summed E-state index contributed by atoms with van der Waals surface area (Å²) < 4.78 is 6.84. The lowest BCUT2D eigenvalue weighted by Gasteiger charge is -2.12. The molecule has 1 aromatic heterocycles. The van der Waals surface area contributed by atoms with Crippen LogP contribution in [0.15, 0.2) is 96.3 Å². The van der Waals surface area contributed by atoms with Gasteiger partial charge in [-0.05, 0) is 71.8 Å². The zero-order valence-electron chi connectivity index (χ0n) is 17.9. The molecule has 0 aliphatic rings. The molecule has 0 fully saturated rings. The van der Waals surface area contributed by atoms with Gasteiger partial charge in [-0.25, -0.2) is 0 Å². The van der Waals surface area contributed by atoms with Crippen molar-refractivity contribution >= 4 is 43.5 Å². The average molecular weight is 501 g/mol. The summed E-state index contributed by atoms with van der Waals surface area (Å²) in [4.78, 5) is 17.1. The van der Waals surface area contributed by atoms with Gasteiger partial charge in [0, 0.05) is 33.4 Å². The fraction of sp³-hybridized carbons (Fsp3) is 0.0370. The standard InChI is InChI=1S/C27H21BrN2O3/c1-16-13-23-24(15-25(16)31)29-12-11-26(23)33-20-9-10-21-19(14-20)5-4-6-22(21)27(32)30-18(3)8-7-17(2)28/h4-15,31H,2-3H2,1H3,(H,30,32)/b8-7-. The van der Waals surface area contributed by atoms with E-state index in [-0.39, 0.29) is 11.7 Å². The van der Waals surface area contributed by atoms with E-state index in [4.69, 9.17) is 4.74 Å². The van der Waals surface area contributed by atoms with E-state index in [1.54, 1.807) is 36.5 Å². The summed E-state index contributed by atoms with van der Waals surface area (Å²) in [6, 6.07) is 16.3. The number of aryl methyl sites for hydroxylation is 1. The number of hydrogen-bond donors (Lipinski definition) is 2. The average Bonchev–Trinajstić information content (AvgIpc) is 2.78. The monoisotopic (exact) mass is 500 g/mol. The van der Waals surface area contributed by atoms with Crippen molar-refractivity contribution in [3.63, 3.8) is 0 Å². The number of phenolic OH excluding ortho intramolecular Hbond substituents is 1. The van der Waals surface area contributed by atoms with Gasteiger partial charge < -0.3 is 15.2 Å². The molecule has 33 heavy (non-hydrogen) atoms. The van der Waals surface area contributed by atoms with Crippen LogP contribution in [0.2, 0.25) is 0 Å². The van der Waals surface area contributed by atoms with E-state index in [0.717, 1.165) is 21.7 Å². The molecule has 0 spiro atoms. The number of ether oxygens (including phenoxy) is 1. The molecular formula is C27H21BrN2O3. The van der Waals surface area contributed by atoms with Crippen LogP contribution in [0, 0.1) is 6.92 Å². The number of amides is 1. The summed E-state index contributed by atoms with van der Waals surface area (Å²) in [5.41, 5.74) is 2.38. The number of halogens is 1. The second-order valence-corrected chi connectivity index (χ2v) is 8.53. The minimum absolute atomic E-state index is 0.193. The van der Waals surface area contributed by atoms with Crippen molar-refractivity contribution in [3.8, 4) is 17.2 Å². The largest absolute Gasteiger partial charge is 0.508 e. The summed E-state index contributed by atoms with van der Waals surface area (Å²) in [6.07, 6.45) is 5.02. The molecule has 0 saturated carbocycles. The highest BCUT2D eigenvalue weighted by molar-refractivity contribution is 9.11. The summed E-state index contributed by atoms with van der Waals surface area (Å²) in [5.74, 6) is 1.20. The Bertz CT molecular complexity index is 1460. The molecule has 0 radical (unpaired) electrons. The highest BCUT2D eigenvalue weighted by Gasteiger charge is 2.12. The zero-order chi connectivity index (χ0) is 23.5. The van der Waals surface area contributed by atoms with Gasteiger partial charge >= 0.3 is 0 Å². The van der Waals surface area contributed by atoms with Gasteiger partial charge in [0.25, 0.3) is 5.91 Å². The van der Waals surface area contributed by atoms with E-state index in [9.17, 15) is 9.90 Å². The summed E-state index contributed by atoms with van der Waals surface area (Å²) in [7, 11) is 0. The smallest absolute Gasteiger partial charge is 0.256 e. The van der Waals surface area contributed by atoms with Gasteiger partial charge in [-0.3, -0.25) is 9.78 Å². The van der Waals surface area contributed by atoms with Crippen LogP contribution in [0.3, 0.4) is 0 Å². The number of nitrogens with one attached hydrogen (secondary N) is 1. The first-order valence-electron chi connectivity index (χ1n) is 10.1. The van der Waals surface area contributed by atoms with E-state index >= 15 is 0 Å². The SMILES string of the molecule is C=C(Br)/C=C\C(=C)NC(=O)c1cccc2cc(Oc3ccnc4cc(O)c(C)cc34)ccc12. The molecule has 4 rings (SSSR count). The Balaban J connectivity index is 1.63. The van der Waals surface area contributed by atoms with Gasteiger partial charge in [-0.2, -0.15) is 0 Å². The second kappa shape index (κ2) is 9.30. The van der Waals surface area contributed by atoms with Crippen LogP contribution < -0.4 is 10.1 Å². The normalized spacial score (nSPS) is 11.1. The molecule has 0 aliphatic heterocycles. The van der Waals surface area contributed by atoms with E-state index < -0.39 is 0 Å². The Labute approximate surface area is 199 Å². The van der Waals surface area contributed by atoms with Gasteiger partial charge in [0.05, 0.1) is 5.52 Å². The predicted octanol–water partition coefficient (Wildman–Crippen LogP) is 6.90. The van der Waals surface area contributed by atoms with Crippen molar-refractivity contribution in [1.82, 2.24) is 10.3 Å². The van der Waals surface area contributed by atoms with Crippen molar-refractivity contribution in [2.45, 2.75) is 6.92 Å². The van der Waals surface area contributed by atoms with Crippen molar-refractivity contribution < 1.29 is 14.6 Å². The summed E-state index contributed by atoms with van der Waals surface area (Å²) in [6.45, 7) is 9.39. The van der Waals surface area contributed by atoms with Gasteiger partial charge in [0.15, 0.2) is 0 Å². The molecule has 4 aromatic rings. The van der Waals surface area contributed by atoms with Crippen LogP contribution in [-0.4, -0.2) is 16.0 Å². The molecular weight excluding hydrogens is 480 g/mol. The maximum atomic E-state index is 12.8. The molecule has 1 heterocycles. The lowest BCUT2D eigenvalue weighted by Crippen LogP contribution is -2.21. The number of aromatic hydroxyl groups is 1.